The third kappa shape index (κ3) is 4.53. The second-order valence-electron chi connectivity index (χ2n) is 7.76. The number of halogens is 1. The van der Waals surface area contributed by atoms with Crippen molar-refractivity contribution in [1.82, 2.24) is 5.01 Å². The Bertz CT molecular complexity index is 1400. The molecule has 0 bridgehead atoms. The molecule has 2 heterocycles. The van der Waals surface area contributed by atoms with Crippen LogP contribution in [0.15, 0.2) is 88.5 Å². The Morgan fingerprint density at radius 1 is 1.09 bits per heavy atom. The Balaban J connectivity index is 1.36. The van der Waals surface area contributed by atoms with Crippen molar-refractivity contribution in [3.63, 3.8) is 0 Å². The Kier molecular flexibility index (Phi) is 6.04. The Morgan fingerprint density at radius 3 is 2.68 bits per heavy atom. The number of nitrogens with zero attached hydrogens (tertiary/aromatic N) is 3. The van der Waals surface area contributed by atoms with Crippen molar-refractivity contribution in [3.05, 3.63) is 106 Å². The van der Waals surface area contributed by atoms with E-state index in [9.17, 15) is 4.79 Å². The zero-order valence-electron chi connectivity index (χ0n) is 18.2. The normalized spacial score (nSPS) is 16.4. The van der Waals surface area contributed by atoms with E-state index >= 15 is 0 Å². The highest BCUT2D eigenvalue weighted by atomic mass is 35.5. The van der Waals surface area contributed by atoms with Crippen molar-refractivity contribution < 1.29 is 9.53 Å². The molecule has 8 heteroatoms. The van der Waals surface area contributed by atoms with Gasteiger partial charge in [-0.3, -0.25) is 10.2 Å². The van der Waals surface area contributed by atoms with Gasteiger partial charge in [-0.1, -0.05) is 71.8 Å². The molecular formula is C26H19ClN4O2S. The average molecular weight is 487 g/mol. The monoisotopic (exact) mass is 486 g/mol. The summed E-state index contributed by atoms with van der Waals surface area (Å²) in [6, 6.07) is 23.0. The van der Waals surface area contributed by atoms with Crippen LogP contribution in [-0.2, 0) is 11.4 Å². The van der Waals surface area contributed by atoms with Crippen molar-refractivity contribution >= 4 is 51.4 Å². The number of hydrogen-bond donors (Lipinski definition) is 1. The lowest BCUT2D eigenvalue weighted by Crippen LogP contribution is -2.35. The highest BCUT2D eigenvalue weighted by molar-refractivity contribution is 8.27. The van der Waals surface area contributed by atoms with Crippen molar-refractivity contribution in [3.8, 4) is 5.75 Å². The summed E-state index contributed by atoms with van der Waals surface area (Å²) in [5.41, 5.74) is 3.87. The van der Waals surface area contributed by atoms with E-state index in [-0.39, 0.29) is 11.4 Å². The first-order chi connectivity index (χ1) is 16.5. The quantitative estimate of drug-likeness (QED) is 0.456. The van der Waals surface area contributed by atoms with Gasteiger partial charge in [0.05, 0.1) is 10.6 Å². The first kappa shape index (κ1) is 22.1. The maximum absolute atomic E-state index is 12.7. The molecule has 168 valence electrons. The Hall–Kier alpha value is -3.68. The molecule has 34 heavy (non-hydrogen) atoms. The number of rotatable bonds is 5. The molecule has 0 aromatic heterocycles. The average Bonchev–Trinajstić information content (AvgIpc) is 3.26. The van der Waals surface area contributed by atoms with Gasteiger partial charge >= 0.3 is 0 Å². The summed E-state index contributed by atoms with van der Waals surface area (Å²) in [4.78, 5) is 16.9. The van der Waals surface area contributed by atoms with E-state index in [2.05, 4.69) is 10.1 Å². The molecule has 0 saturated heterocycles. The summed E-state index contributed by atoms with van der Waals surface area (Å²) in [7, 11) is 0. The lowest BCUT2D eigenvalue weighted by Gasteiger charge is -2.20. The fraction of sp³-hybridized carbons (Fsp3) is 0.0769. The fourth-order valence-electron chi connectivity index (χ4n) is 3.51. The number of fused-ring (bicyclic) bond motifs is 1. The summed E-state index contributed by atoms with van der Waals surface area (Å²) in [6.07, 6.45) is 1.60. The van der Waals surface area contributed by atoms with Crippen LogP contribution in [0.4, 0.5) is 0 Å². The molecule has 0 unspecified atom stereocenters. The molecule has 0 radical (unpaired) electrons. The number of thioether (sulfide) groups is 1. The van der Waals surface area contributed by atoms with E-state index in [0.29, 0.717) is 33.2 Å². The minimum absolute atomic E-state index is 0.0225. The molecule has 0 atom stereocenters. The molecule has 2 aliphatic rings. The smallest absolute Gasteiger partial charge is 0.283 e. The highest BCUT2D eigenvalue weighted by Gasteiger charge is 2.36. The van der Waals surface area contributed by atoms with E-state index in [0.717, 1.165) is 16.7 Å². The first-order valence-electron chi connectivity index (χ1n) is 10.5. The van der Waals surface area contributed by atoms with Gasteiger partial charge in [-0.15, -0.1) is 0 Å². The third-order valence-corrected chi connectivity index (χ3v) is 6.48. The minimum Gasteiger partial charge on any atom is -0.487 e. The second-order valence-corrected chi connectivity index (χ2v) is 9.12. The van der Waals surface area contributed by atoms with Gasteiger partial charge in [0.25, 0.3) is 5.91 Å². The topological polar surface area (TPSA) is 78.1 Å². The number of carbonyl (C=O) groups excluding carboxylic acids is 1. The van der Waals surface area contributed by atoms with Crippen molar-refractivity contribution in [2.24, 2.45) is 10.1 Å². The van der Waals surface area contributed by atoms with Gasteiger partial charge in [-0.25, -0.2) is 0 Å². The summed E-state index contributed by atoms with van der Waals surface area (Å²) in [6.45, 7) is 2.40. The highest BCUT2D eigenvalue weighted by Crippen LogP contribution is 2.32. The van der Waals surface area contributed by atoms with Crippen LogP contribution in [0.2, 0.25) is 5.02 Å². The zero-order chi connectivity index (χ0) is 23.7. The predicted molar refractivity (Wildman–Crippen MR) is 138 cm³/mol. The number of nitrogens with one attached hydrogen (secondary N) is 1. The van der Waals surface area contributed by atoms with Gasteiger partial charge in [0, 0.05) is 5.56 Å². The number of ether oxygens (including phenoxy) is 1. The molecule has 3 aromatic carbocycles. The number of amides is 1. The van der Waals surface area contributed by atoms with E-state index in [1.807, 2.05) is 61.5 Å². The fourth-order valence-corrected chi connectivity index (χ4v) is 4.64. The van der Waals surface area contributed by atoms with Gasteiger partial charge in [-0.2, -0.15) is 15.1 Å². The molecule has 3 aromatic rings. The Labute approximate surface area is 206 Å². The number of benzene rings is 3. The van der Waals surface area contributed by atoms with Gasteiger partial charge in [0.1, 0.15) is 17.4 Å². The number of carbonyl (C=O) groups is 1. The standard InChI is InChI=1S/C26H19ClN4O2S/c1-16-6-5-9-19(12-16)25-30-31-23(28)20(24(32)29-26(31)34-25)13-18-10-11-22(21(27)14-18)33-15-17-7-3-2-4-8-17/h2-14,28H,15H2,1H3/b20-13+,28-23?. The van der Waals surface area contributed by atoms with Gasteiger partial charge < -0.3 is 4.74 Å². The third-order valence-electron chi connectivity index (χ3n) is 5.22. The zero-order valence-corrected chi connectivity index (χ0v) is 19.7. The minimum atomic E-state index is -0.482. The summed E-state index contributed by atoms with van der Waals surface area (Å²) in [5.74, 6) is 0.0389. The largest absolute Gasteiger partial charge is 0.487 e. The molecule has 0 aliphatic carbocycles. The number of amidine groups is 2. The van der Waals surface area contributed by atoms with Crippen LogP contribution in [0, 0.1) is 12.3 Å². The number of aliphatic imine (C=N–C) groups is 1. The molecule has 2 aliphatic heterocycles. The SMILES string of the molecule is Cc1cccc(C2=NN3C(=N)/C(=C\c4ccc(OCc5ccccc5)c(Cl)c4)C(=O)N=C3S2)c1. The van der Waals surface area contributed by atoms with Crippen LogP contribution in [0.3, 0.4) is 0 Å². The lowest BCUT2D eigenvalue weighted by atomic mass is 10.1. The molecule has 1 N–H and O–H groups in total. The van der Waals surface area contributed by atoms with Crippen molar-refractivity contribution in [1.29, 1.82) is 5.41 Å². The molecule has 0 fully saturated rings. The molecule has 0 saturated carbocycles. The maximum Gasteiger partial charge on any atom is 0.283 e. The number of hydrazone groups is 1. The van der Waals surface area contributed by atoms with Gasteiger partial charge in [0.15, 0.2) is 5.84 Å². The van der Waals surface area contributed by atoms with E-state index < -0.39 is 5.91 Å². The summed E-state index contributed by atoms with van der Waals surface area (Å²) in [5, 5.41) is 16.0. The number of aryl methyl sites for hydroxylation is 1. The van der Waals surface area contributed by atoms with Crippen LogP contribution in [0.5, 0.6) is 5.75 Å². The Morgan fingerprint density at radius 2 is 1.91 bits per heavy atom. The van der Waals surface area contributed by atoms with Crippen LogP contribution < -0.4 is 4.74 Å². The second kappa shape index (κ2) is 9.29. The van der Waals surface area contributed by atoms with E-state index in [4.69, 9.17) is 21.7 Å². The van der Waals surface area contributed by atoms with E-state index in [1.165, 1.54) is 16.8 Å². The van der Waals surface area contributed by atoms with Gasteiger partial charge in [0.2, 0.25) is 5.17 Å². The molecule has 0 spiro atoms. The van der Waals surface area contributed by atoms with Crippen molar-refractivity contribution in [2.45, 2.75) is 13.5 Å². The first-order valence-corrected chi connectivity index (χ1v) is 11.7. The van der Waals surface area contributed by atoms with Crippen LogP contribution >= 0.6 is 23.4 Å². The lowest BCUT2D eigenvalue weighted by molar-refractivity contribution is -0.114. The van der Waals surface area contributed by atoms with Gasteiger partial charge in [-0.05, 0) is 54.1 Å². The molecule has 1 amide bonds. The molecular weight excluding hydrogens is 468 g/mol. The van der Waals surface area contributed by atoms with E-state index in [1.54, 1.807) is 24.3 Å². The van der Waals surface area contributed by atoms with Crippen LogP contribution in [-0.4, -0.2) is 27.0 Å². The molecule has 5 rings (SSSR count). The van der Waals surface area contributed by atoms with Crippen LogP contribution in [0.1, 0.15) is 22.3 Å². The maximum atomic E-state index is 12.7. The number of hydrogen-bond acceptors (Lipinski definition) is 5. The molecule has 6 nitrogen and oxygen atoms in total. The summed E-state index contributed by atoms with van der Waals surface area (Å²) >= 11 is 7.70. The van der Waals surface area contributed by atoms with Crippen molar-refractivity contribution in [2.75, 3.05) is 0 Å². The predicted octanol–water partition coefficient (Wildman–Crippen LogP) is 5.89. The summed E-state index contributed by atoms with van der Waals surface area (Å²) < 4.78 is 5.82. The van der Waals surface area contributed by atoms with Crippen LogP contribution in [0.25, 0.3) is 6.08 Å².